The van der Waals surface area contributed by atoms with Crippen LogP contribution in [0.5, 0.6) is 0 Å². The SMILES string of the molecule is C[C@@H](O[Si](c1ccccc1)(c1ccccc1)C(C)(C)C)C(=O)CCCCC[C@@H]1NC(=O)[C@H]2CCCN2C(=O)[C@H](Cc2ccccc2)NC(=O)C2(CCCCC2)NC1=O. The van der Waals surface area contributed by atoms with Crippen molar-refractivity contribution in [3.05, 3.63) is 96.6 Å². The number of rotatable bonds is 13. The number of amides is 4. The van der Waals surface area contributed by atoms with E-state index in [0.29, 0.717) is 64.3 Å². The highest BCUT2D eigenvalue weighted by Crippen LogP contribution is 2.38. The summed E-state index contributed by atoms with van der Waals surface area (Å²) in [6.07, 6.45) is 6.73. The molecule has 2 aliphatic heterocycles. The molecule has 1 aliphatic carbocycles. The van der Waals surface area contributed by atoms with Crippen molar-refractivity contribution >= 4 is 48.1 Å². The molecule has 6 rings (SSSR count). The summed E-state index contributed by atoms with van der Waals surface area (Å²) in [5.41, 5.74) is -0.275. The first kappa shape index (κ1) is 43.0. The van der Waals surface area contributed by atoms with Crippen LogP contribution in [0.4, 0.5) is 0 Å². The van der Waals surface area contributed by atoms with Gasteiger partial charge in [-0.2, -0.15) is 0 Å². The minimum atomic E-state index is -2.91. The van der Waals surface area contributed by atoms with E-state index in [1.54, 1.807) is 4.90 Å². The Bertz CT molecular complexity index is 1840. The smallest absolute Gasteiger partial charge is 0.262 e. The maximum Gasteiger partial charge on any atom is 0.262 e. The molecule has 3 N–H and O–H groups in total. The number of Topliss-reactive ketones (excluding diaryl/α,β-unsaturated/α-hetero) is 1. The molecule has 3 aromatic rings. The van der Waals surface area contributed by atoms with E-state index in [1.807, 2.05) is 73.7 Å². The fraction of sp³-hybridized carbons (Fsp3) is 0.511. The van der Waals surface area contributed by atoms with Crippen molar-refractivity contribution in [3.63, 3.8) is 0 Å². The average Bonchev–Trinajstić information content (AvgIpc) is 3.72. The lowest BCUT2D eigenvalue weighted by Crippen LogP contribution is -2.68. The fourth-order valence-corrected chi connectivity index (χ4v) is 14.0. The predicted octanol–water partition coefficient (Wildman–Crippen LogP) is 5.51. The molecule has 10 nitrogen and oxygen atoms in total. The summed E-state index contributed by atoms with van der Waals surface area (Å²) in [6.45, 7) is 8.86. The van der Waals surface area contributed by atoms with Crippen molar-refractivity contribution in [1.29, 1.82) is 0 Å². The first-order valence-corrected chi connectivity index (χ1v) is 23.3. The Morgan fingerprint density at radius 3 is 1.98 bits per heavy atom. The van der Waals surface area contributed by atoms with E-state index in [-0.39, 0.29) is 40.9 Å². The average molecular weight is 807 g/mol. The zero-order chi connectivity index (χ0) is 41.3. The maximum absolute atomic E-state index is 14.3. The van der Waals surface area contributed by atoms with Gasteiger partial charge in [-0.05, 0) is 66.4 Å². The molecule has 3 fully saturated rings. The van der Waals surface area contributed by atoms with Crippen LogP contribution in [0.25, 0.3) is 0 Å². The van der Waals surface area contributed by atoms with Gasteiger partial charge in [0, 0.05) is 19.4 Å². The molecule has 0 unspecified atom stereocenters. The van der Waals surface area contributed by atoms with Gasteiger partial charge in [0.05, 0.1) is 0 Å². The maximum atomic E-state index is 14.3. The highest BCUT2D eigenvalue weighted by Gasteiger charge is 2.52. The summed E-state index contributed by atoms with van der Waals surface area (Å²) in [7, 11) is -2.91. The van der Waals surface area contributed by atoms with Gasteiger partial charge in [-0.15, -0.1) is 0 Å². The van der Waals surface area contributed by atoms with Crippen LogP contribution in [-0.2, 0) is 34.8 Å². The molecule has 0 bridgehead atoms. The molecule has 1 spiro atoms. The molecule has 11 heteroatoms. The quantitative estimate of drug-likeness (QED) is 0.154. The lowest BCUT2D eigenvalue weighted by molar-refractivity contribution is -0.145. The molecule has 0 aromatic heterocycles. The number of hydrogen-bond acceptors (Lipinski definition) is 6. The van der Waals surface area contributed by atoms with Crippen LogP contribution < -0.4 is 26.3 Å². The molecule has 0 radical (unpaired) electrons. The van der Waals surface area contributed by atoms with Gasteiger partial charge in [-0.3, -0.25) is 24.0 Å². The van der Waals surface area contributed by atoms with E-state index in [0.717, 1.165) is 35.2 Å². The predicted molar refractivity (Wildman–Crippen MR) is 229 cm³/mol. The Morgan fingerprint density at radius 1 is 0.776 bits per heavy atom. The largest absolute Gasteiger partial charge is 0.398 e. The third kappa shape index (κ3) is 9.63. The molecule has 310 valence electrons. The number of nitrogens with one attached hydrogen (secondary N) is 3. The van der Waals surface area contributed by atoms with Crippen LogP contribution in [0.3, 0.4) is 0 Å². The van der Waals surface area contributed by atoms with Crippen molar-refractivity contribution in [1.82, 2.24) is 20.9 Å². The number of carbonyl (C=O) groups is 5. The van der Waals surface area contributed by atoms with Gasteiger partial charge in [0.1, 0.15) is 29.8 Å². The number of fused-ring (bicyclic) bond motifs is 1. The minimum absolute atomic E-state index is 0.0341. The first-order valence-electron chi connectivity index (χ1n) is 21.4. The number of benzene rings is 3. The van der Waals surface area contributed by atoms with Gasteiger partial charge in [0.2, 0.25) is 23.6 Å². The van der Waals surface area contributed by atoms with Gasteiger partial charge >= 0.3 is 0 Å². The number of nitrogens with zero attached hydrogens (tertiary/aromatic N) is 1. The summed E-state index contributed by atoms with van der Waals surface area (Å²) in [5.74, 6) is -1.32. The Hall–Kier alpha value is -4.61. The van der Waals surface area contributed by atoms with Crippen LogP contribution in [-0.4, -0.2) is 78.9 Å². The molecule has 4 amide bonds. The van der Waals surface area contributed by atoms with Gasteiger partial charge < -0.3 is 25.3 Å². The lowest BCUT2D eigenvalue weighted by Gasteiger charge is -2.44. The number of carbonyl (C=O) groups excluding carboxylic acids is 5. The van der Waals surface area contributed by atoms with E-state index in [4.69, 9.17) is 4.43 Å². The summed E-state index contributed by atoms with van der Waals surface area (Å²) in [4.78, 5) is 71.9. The van der Waals surface area contributed by atoms with Gasteiger partial charge in [-0.1, -0.05) is 144 Å². The Morgan fingerprint density at radius 2 is 1.38 bits per heavy atom. The van der Waals surface area contributed by atoms with E-state index in [2.05, 4.69) is 61.0 Å². The second-order valence-corrected chi connectivity index (χ2v) is 21.8. The van der Waals surface area contributed by atoms with Crippen molar-refractivity contribution in [2.75, 3.05) is 6.54 Å². The number of hydrogen-bond donors (Lipinski definition) is 3. The van der Waals surface area contributed by atoms with Crippen LogP contribution in [0.15, 0.2) is 91.0 Å². The van der Waals surface area contributed by atoms with E-state index < -0.39 is 38.1 Å². The van der Waals surface area contributed by atoms with Crippen LogP contribution >= 0.6 is 0 Å². The van der Waals surface area contributed by atoms with E-state index in [1.165, 1.54) is 0 Å². The zero-order valence-corrected chi connectivity index (χ0v) is 35.8. The van der Waals surface area contributed by atoms with Crippen molar-refractivity contribution in [2.24, 2.45) is 0 Å². The zero-order valence-electron chi connectivity index (χ0n) is 34.8. The van der Waals surface area contributed by atoms with Crippen molar-refractivity contribution in [3.8, 4) is 0 Å². The standard InChI is InChI=1S/C47H62N4O6Si/c1-34(57-58(46(2,3)4,36-23-12-6-13-24-36)37-25-14-7-15-26-37)41(52)29-17-8-16-27-38-42(53)50-47(30-18-9-19-31-47)45(56)49-39(33-35-21-10-5-11-22-35)44(55)51-32-20-28-40(51)43(54)48-38/h5-7,10-15,21-26,34,38-40H,8-9,16-20,27-33H2,1-4H3,(H,48,54)(H,49,56)(H,50,53)/t34-,38+,39+,40-/m1/s1. The lowest BCUT2D eigenvalue weighted by atomic mass is 9.80. The summed E-state index contributed by atoms with van der Waals surface area (Å²) in [5, 5.41) is 11.2. The van der Waals surface area contributed by atoms with Crippen LogP contribution in [0.2, 0.25) is 5.04 Å². The molecule has 2 heterocycles. The molecule has 3 aromatic carbocycles. The van der Waals surface area contributed by atoms with E-state index >= 15 is 0 Å². The highest BCUT2D eigenvalue weighted by atomic mass is 28.4. The van der Waals surface area contributed by atoms with Crippen LogP contribution in [0, 0.1) is 0 Å². The van der Waals surface area contributed by atoms with Crippen LogP contribution in [0.1, 0.15) is 110 Å². The Labute approximate surface area is 345 Å². The number of ketones is 1. The number of unbranched alkanes of at least 4 members (excludes halogenated alkanes) is 2. The van der Waals surface area contributed by atoms with Crippen molar-refractivity contribution < 1.29 is 28.4 Å². The second kappa shape index (κ2) is 19.0. The molecule has 4 atom stereocenters. The Balaban J connectivity index is 1.13. The monoisotopic (exact) mass is 806 g/mol. The Kier molecular flexibility index (Phi) is 14.1. The summed E-state index contributed by atoms with van der Waals surface area (Å²) < 4.78 is 7.05. The van der Waals surface area contributed by atoms with Crippen molar-refractivity contribution in [2.45, 2.75) is 146 Å². The summed E-state index contributed by atoms with van der Waals surface area (Å²) in [6, 6.07) is 27.7. The van der Waals surface area contributed by atoms with Gasteiger partial charge in [0.25, 0.3) is 8.32 Å². The van der Waals surface area contributed by atoms with E-state index in [9.17, 15) is 24.0 Å². The third-order valence-electron chi connectivity index (χ3n) is 12.5. The molecule has 1 saturated carbocycles. The fourth-order valence-electron chi connectivity index (χ4n) is 9.32. The topological polar surface area (TPSA) is 134 Å². The first-order chi connectivity index (χ1) is 27.8. The molecular weight excluding hydrogens is 745 g/mol. The highest BCUT2D eigenvalue weighted by molar-refractivity contribution is 6.99. The molecular formula is C47H62N4O6Si. The van der Waals surface area contributed by atoms with Gasteiger partial charge in [-0.25, -0.2) is 0 Å². The minimum Gasteiger partial charge on any atom is -0.398 e. The molecule has 3 aliphatic rings. The normalized spacial score (nSPS) is 22.2. The molecule has 2 saturated heterocycles. The molecule has 58 heavy (non-hydrogen) atoms. The second-order valence-electron chi connectivity index (χ2n) is 17.6. The summed E-state index contributed by atoms with van der Waals surface area (Å²) >= 11 is 0. The third-order valence-corrected chi connectivity index (χ3v) is 17.6. The van der Waals surface area contributed by atoms with Gasteiger partial charge in [0.15, 0.2) is 5.78 Å².